The summed E-state index contributed by atoms with van der Waals surface area (Å²) in [6.07, 6.45) is 4.01. The summed E-state index contributed by atoms with van der Waals surface area (Å²) in [7, 11) is 0. The number of aliphatic carboxylic acids is 1. The summed E-state index contributed by atoms with van der Waals surface area (Å²) in [6, 6.07) is 16.8. The third-order valence-electron chi connectivity index (χ3n) is 5.82. The van der Waals surface area contributed by atoms with Crippen LogP contribution in [-0.4, -0.2) is 73.4 Å². The van der Waals surface area contributed by atoms with Gasteiger partial charge in [-0.05, 0) is 63.3 Å². The van der Waals surface area contributed by atoms with E-state index in [1.165, 1.54) is 6.08 Å². The number of carbonyl (C=O) groups is 3. The Morgan fingerprint density at radius 1 is 0.816 bits per heavy atom. The fourth-order valence-electron chi connectivity index (χ4n) is 3.60. The molecule has 0 fully saturated rings. The molecule has 2 aromatic carbocycles. The van der Waals surface area contributed by atoms with Gasteiger partial charge in [0, 0.05) is 6.42 Å². The summed E-state index contributed by atoms with van der Waals surface area (Å²) >= 11 is 0. The van der Waals surface area contributed by atoms with E-state index < -0.39 is 29.4 Å². The van der Waals surface area contributed by atoms with Gasteiger partial charge in [-0.25, -0.2) is 24.4 Å². The van der Waals surface area contributed by atoms with Gasteiger partial charge in [-0.2, -0.15) is 0 Å². The van der Waals surface area contributed by atoms with Crippen LogP contribution >= 0.6 is 12.4 Å². The number of halogens is 1. The fraction of sp³-hybridized carbons (Fsp3) is 0.441. The SMILES string of the molecule is C=CC(COOCC)(OOCC)c1ccc(CC(C(=O)OCC)C(=O)OCC)cc1.C=CCOO.Cl.O=C(O)CCc1ccccc1.[Na+].[OH-]. The molecule has 13 nitrogen and oxygen atoms in total. The Kier molecular flexibility index (Phi) is 36.7. The van der Waals surface area contributed by atoms with Gasteiger partial charge >= 0.3 is 47.5 Å². The summed E-state index contributed by atoms with van der Waals surface area (Å²) in [5, 5.41) is 15.9. The van der Waals surface area contributed by atoms with Crippen LogP contribution in [0.3, 0.4) is 0 Å². The summed E-state index contributed by atoms with van der Waals surface area (Å²) in [5.74, 6) is -2.98. The normalized spacial score (nSPS) is 10.8. The number of carboxylic acids is 1. The number of hydrogen-bond acceptors (Lipinski definition) is 12. The van der Waals surface area contributed by atoms with E-state index in [-0.39, 0.29) is 86.7 Å². The van der Waals surface area contributed by atoms with Crippen molar-refractivity contribution in [3.05, 3.63) is 96.6 Å². The zero-order valence-corrected chi connectivity index (χ0v) is 31.9. The van der Waals surface area contributed by atoms with Crippen molar-refractivity contribution >= 4 is 30.3 Å². The first-order valence-electron chi connectivity index (χ1n) is 14.9. The van der Waals surface area contributed by atoms with Crippen molar-refractivity contribution in [2.24, 2.45) is 5.92 Å². The van der Waals surface area contributed by atoms with E-state index in [0.29, 0.717) is 25.2 Å². The van der Waals surface area contributed by atoms with Crippen LogP contribution in [0.25, 0.3) is 0 Å². The van der Waals surface area contributed by atoms with Crippen LogP contribution in [-0.2, 0) is 66.7 Å². The second-order valence-electron chi connectivity index (χ2n) is 9.17. The largest absolute Gasteiger partial charge is 1.00 e. The maximum absolute atomic E-state index is 12.2. The van der Waals surface area contributed by atoms with Crippen molar-refractivity contribution < 1.29 is 93.7 Å². The van der Waals surface area contributed by atoms with Gasteiger partial charge in [0.2, 0.25) is 0 Å². The first kappa shape index (κ1) is 53.1. The quantitative estimate of drug-likeness (QED) is 0.0387. The molecule has 0 aliphatic carbocycles. The van der Waals surface area contributed by atoms with Crippen LogP contribution in [0, 0.1) is 5.92 Å². The number of benzene rings is 2. The van der Waals surface area contributed by atoms with E-state index in [1.54, 1.807) is 58.0 Å². The monoisotopic (exact) mass is 724 g/mol. The number of carbonyl (C=O) groups excluding carboxylic acids is 2. The molecule has 0 radical (unpaired) electrons. The van der Waals surface area contributed by atoms with Crippen LogP contribution < -0.4 is 29.6 Å². The van der Waals surface area contributed by atoms with Crippen molar-refractivity contribution in [1.82, 2.24) is 0 Å². The molecule has 2 rings (SSSR count). The molecule has 0 spiro atoms. The van der Waals surface area contributed by atoms with Gasteiger partial charge < -0.3 is 20.1 Å². The Labute approximate surface area is 317 Å². The van der Waals surface area contributed by atoms with Gasteiger partial charge in [0.25, 0.3) is 0 Å². The molecule has 272 valence electrons. The second-order valence-corrected chi connectivity index (χ2v) is 9.17. The number of carboxylic acid groups (broad SMARTS) is 1. The molecule has 0 aromatic heterocycles. The van der Waals surface area contributed by atoms with E-state index in [9.17, 15) is 14.4 Å². The smallest absolute Gasteiger partial charge is 0.870 e. The molecule has 0 saturated heterocycles. The number of aryl methyl sites for hydroxylation is 1. The average Bonchev–Trinajstić information content (AvgIpc) is 3.06. The first-order valence-corrected chi connectivity index (χ1v) is 14.9. The van der Waals surface area contributed by atoms with E-state index >= 15 is 0 Å². The molecular weight excluding hydrogens is 675 g/mol. The molecule has 0 saturated carbocycles. The van der Waals surface area contributed by atoms with Crippen molar-refractivity contribution in [3.63, 3.8) is 0 Å². The standard InChI is InChI=1S/C22H32O8.C9H10O2.C3H6O2.ClH.Na.H2O/c1-6-22(30-28-10-5,16-29-27-9-4)18-13-11-17(12-14-18)15-19(20(23)25-7-2)21(24)26-8-3;10-9(11)7-6-8-4-2-1-3-5-8;1-2-3-5-4;;;/h6,11-14,19H,1,7-10,15-16H2,2-5H3;1-5H,6-7H2,(H,10,11);2,4H,1,3H2;1H;;1H2/q;;;;+1;/p-1. The van der Waals surface area contributed by atoms with Gasteiger partial charge in [-0.3, -0.25) is 19.6 Å². The Balaban J connectivity index is -0.000000441. The summed E-state index contributed by atoms with van der Waals surface area (Å²) in [6.45, 7) is 15.4. The predicted molar refractivity (Wildman–Crippen MR) is 179 cm³/mol. The number of ether oxygens (including phenoxy) is 2. The Morgan fingerprint density at radius 2 is 1.37 bits per heavy atom. The third kappa shape index (κ3) is 23.4. The van der Waals surface area contributed by atoms with E-state index in [4.69, 9.17) is 39.4 Å². The van der Waals surface area contributed by atoms with Crippen molar-refractivity contribution in [2.45, 2.75) is 52.6 Å². The van der Waals surface area contributed by atoms with Gasteiger partial charge in [-0.1, -0.05) is 67.3 Å². The molecule has 3 N–H and O–H groups in total. The predicted octanol–water partition coefficient (Wildman–Crippen LogP) is 2.90. The van der Waals surface area contributed by atoms with E-state index in [1.807, 2.05) is 30.3 Å². The number of hydrogen-bond donors (Lipinski definition) is 2. The molecule has 0 aliphatic heterocycles. The van der Waals surface area contributed by atoms with Crippen molar-refractivity contribution in [3.8, 4) is 0 Å². The van der Waals surface area contributed by atoms with Gasteiger partial charge in [0.05, 0.1) is 33.0 Å². The minimum atomic E-state index is -1.09. The summed E-state index contributed by atoms with van der Waals surface area (Å²) in [4.78, 5) is 59.0. The van der Waals surface area contributed by atoms with Crippen LogP contribution in [0.4, 0.5) is 0 Å². The molecule has 0 amide bonds. The summed E-state index contributed by atoms with van der Waals surface area (Å²) in [5.41, 5.74) is 1.45. The first-order chi connectivity index (χ1) is 22.2. The zero-order chi connectivity index (χ0) is 34.6. The Bertz CT molecular complexity index is 1120. The van der Waals surface area contributed by atoms with Gasteiger partial charge in [0.15, 0.2) is 11.5 Å². The average molecular weight is 725 g/mol. The van der Waals surface area contributed by atoms with Crippen molar-refractivity contribution in [1.29, 1.82) is 0 Å². The number of rotatable bonds is 20. The zero-order valence-electron chi connectivity index (χ0n) is 29.0. The van der Waals surface area contributed by atoms with E-state index in [0.717, 1.165) is 11.1 Å². The molecule has 2 aromatic rings. The molecule has 0 heterocycles. The molecule has 0 aliphatic rings. The van der Waals surface area contributed by atoms with Crippen LogP contribution in [0.2, 0.25) is 0 Å². The molecule has 0 bridgehead atoms. The molecule has 49 heavy (non-hydrogen) atoms. The Hall–Kier alpha value is -2.66. The minimum Gasteiger partial charge on any atom is -0.870 e. The molecule has 15 heteroatoms. The molecule has 1 atom stereocenters. The Morgan fingerprint density at radius 3 is 1.78 bits per heavy atom. The third-order valence-corrected chi connectivity index (χ3v) is 5.82. The van der Waals surface area contributed by atoms with Crippen molar-refractivity contribution in [2.75, 3.05) is 39.6 Å². The minimum absolute atomic E-state index is 0. The van der Waals surface area contributed by atoms with Crippen LogP contribution in [0.5, 0.6) is 0 Å². The van der Waals surface area contributed by atoms with Crippen LogP contribution in [0.1, 0.15) is 50.8 Å². The summed E-state index contributed by atoms with van der Waals surface area (Å²) < 4.78 is 10.0. The van der Waals surface area contributed by atoms with Gasteiger partial charge in [0.1, 0.15) is 6.61 Å². The second kappa shape index (κ2) is 33.8. The van der Waals surface area contributed by atoms with Crippen LogP contribution in [0.15, 0.2) is 79.9 Å². The topological polar surface area (TPSA) is 186 Å². The molecular formula is C34H50ClNaO13. The fourth-order valence-corrected chi connectivity index (χ4v) is 3.60. The molecule has 1 unspecified atom stereocenters. The van der Waals surface area contributed by atoms with Gasteiger partial charge in [-0.15, -0.1) is 19.0 Å². The number of esters is 2. The van der Waals surface area contributed by atoms with E-state index in [2.05, 4.69) is 18.0 Å². The maximum atomic E-state index is 12.2. The maximum Gasteiger partial charge on any atom is 1.00 e.